The molecule has 2 aromatic rings. The molecule has 0 aliphatic heterocycles. The van der Waals surface area contributed by atoms with Gasteiger partial charge in [-0.25, -0.2) is 9.37 Å². The molecule has 29 heavy (non-hydrogen) atoms. The number of nitrogens with two attached hydrogens (primary N) is 2. The van der Waals surface area contributed by atoms with Gasteiger partial charge >= 0.3 is 6.18 Å². The first-order valence-corrected chi connectivity index (χ1v) is 8.12. The van der Waals surface area contributed by atoms with E-state index >= 15 is 0 Å². The Morgan fingerprint density at radius 2 is 1.90 bits per heavy atom. The summed E-state index contributed by atoms with van der Waals surface area (Å²) < 4.78 is 53.6. The number of carbonyl (C=O) groups is 1. The molecule has 0 fully saturated rings. The molecule has 6 N–H and O–H groups in total. The molecule has 2 rings (SSSR count). The van der Waals surface area contributed by atoms with Gasteiger partial charge in [0, 0.05) is 25.0 Å². The third-order valence-electron chi connectivity index (χ3n) is 3.59. The van der Waals surface area contributed by atoms with Gasteiger partial charge in [-0.3, -0.25) is 9.79 Å². The van der Waals surface area contributed by atoms with Gasteiger partial charge in [-0.15, -0.1) is 0 Å². The first kappa shape index (κ1) is 21.7. The van der Waals surface area contributed by atoms with Crippen LogP contribution in [-0.4, -0.2) is 23.8 Å². The Labute approximate surface area is 163 Å². The molecule has 0 aliphatic rings. The van der Waals surface area contributed by atoms with Crippen molar-refractivity contribution in [3.05, 3.63) is 59.2 Å². The molecule has 1 aromatic heterocycles. The van der Waals surface area contributed by atoms with Crippen LogP contribution in [0.4, 0.5) is 34.8 Å². The van der Waals surface area contributed by atoms with E-state index in [1.54, 1.807) is 6.92 Å². The predicted molar refractivity (Wildman–Crippen MR) is 102 cm³/mol. The molecule has 1 amide bonds. The summed E-state index contributed by atoms with van der Waals surface area (Å²) in [6, 6.07) is 4.00. The molecule has 154 valence electrons. The Kier molecular flexibility index (Phi) is 6.42. The lowest BCUT2D eigenvalue weighted by atomic mass is 10.1. The van der Waals surface area contributed by atoms with Gasteiger partial charge in [0.25, 0.3) is 5.91 Å². The summed E-state index contributed by atoms with van der Waals surface area (Å²) in [5, 5.41) is 5.22. The van der Waals surface area contributed by atoms with E-state index in [1.165, 1.54) is 13.1 Å². The van der Waals surface area contributed by atoms with Crippen molar-refractivity contribution < 1.29 is 22.4 Å². The highest BCUT2D eigenvalue weighted by molar-refractivity contribution is 6.04. The number of pyridine rings is 1. The molecule has 11 heteroatoms. The van der Waals surface area contributed by atoms with Crippen LogP contribution in [0.15, 0.2) is 47.2 Å². The highest BCUT2D eigenvalue weighted by Crippen LogP contribution is 2.37. The number of carbonyl (C=O) groups excluding carboxylic acids is 1. The number of hydrogen-bond acceptors (Lipinski definition) is 5. The average molecular weight is 410 g/mol. The Hall–Kier alpha value is -3.63. The number of amidine groups is 1. The maximum atomic E-state index is 13.4. The molecule has 7 nitrogen and oxygen atoms in total. The smallest absolute Gasteiger partial charge is 0.402 e. The highest BCUT2D eigenvalue weighted by atomic mass is 19.4. The number of alkyl halides is 3. The number of primary amides is 1. The molecule has 0 saturated carbocycles. The topological polar surface area (TPSA) is 118 Å². The second kappa shape index (κ2) is 8.59. The largest absolute Gasteiger partial charge is 0.419 e. The number of allylic oxidation sites excluding steroid dienone is 1. The van der Waals surface area contributed by atoms with E-state index in [1.807, 2.05) is 0 Å². The third-order valence-corrected chi connectivity index (χ3v) is 3.59. The van der Waals surface area contributed by atoms with Gasteiger partial charge in [-0.2, -0.15) is 13.2 Å². The minimum Gasteiger partial charge on any atom is -0.402 e. The normalized spacial score (nSPS) is 12.6. The van der Waals surface area contributed by atoms with Crippen LogP contribution < -0.4 is 22.1 Å². The minimum atomic E-state index is -4.74. The van der Waals surface area contributed by atoms with Crippen LogP contribution in [-0.2, 0) is 6.18 Å². The first-order valence-electron chi connectivity index (χ1n) is 8.12. The highest BCUT2D eigenvalue weighted by Gasteiger charge is 2.34. The number of benzene rings is 1. The molecule has 1 aromatic carbocycles. The number of anilines is 3. The van der Waals surface area contributed by atoms with Crippen LogP contribution in [0.1, 0.15) is 22.8 Å². The number of halogens is 4. The van der Waals surface area contributed by atoms with Crippen molar-refractivity contribution in [3.8, 4) is 0 Å². The van der Waals surface area contributed by atoms with E-state index < -0.39 is 29.2 Å². The zero-order valence-corrected chi connectivity index (χ0v) is 15.4. The molecular formula is C18H18F4N6O. The van der Waals surface area contributed by atoms with Crippen molar-refractivity contribution in [1.29, 1.82) is 0 Å². The van der Waals surface area contributed by atoms with Crippen molar-refractivity contribution in [3.63, 3.8) is 0 Å². The molecule has 0 unspecified atom stereocenters. The number of rotatable bonds is 5. The van der Waals surface area contributed by atoms with Crippen LogP contribution in [0.25, 0.3) is 0 Å². The standard InChI is InChI=1S/C18H18F4N6O/c1-9(23)5-15(25-2)28-16-7-14(12(8-26-16)18(20,21)22)27-13-4-3-10(19)6-11(13)17(24)29/h3-8H,23H2,1-2H3,(H2,24,29)(H2,25,26,27,28). The lowest BCUT2D eigenvalue weighted by Gasteiger charge is -2.17. The summed E-state index contributed by atoms with van der Waals surface area (Å²) in [5.41, 5.74) is 9.27. The maximum Gasteiger partial charge on any atom is 0.419 e. The lowest BCUT2D eigenvalue weighted by Crippen LogP contribution is -2.16. The summed E-state index contributed by atoms with van der Waals surface area (Å²) in [5.74, 6) is -1.47. The number of aliphatic imine (C=N–C) groups is 1. The molecule has 0 spiro atoms. The fraction of sp³-hybridized carbons (Fsp3) is 0.167. The summed E-state index contributed by atoms with van der Waals surface area (Å²) in [6.07, 6.45) is -2.65. The first-order chi connectivity index (χ1) is 13.5. The number of aromatic nitrogens is 1. The van der Waals surface area contributed by atoms with Crippen LogP contribution >= 0.6 is 0 Å². The predicted octanol–water partition coefficient (Wildman–Crippen LogP) is 3.38. The van der Waals surface area contributed by atoms with Crippen molar-refractivity contribution in [2.45, 2.75) is 13.1 Å². The molecule has 0 radical (unpaired) electrons. The zero-order valence-electron chi connectivity index (χ0n) is 15.4. The van der Waals surface area contributed by atoms with Crippen molar-refractivity contribution in [1.82, 2.24) is 4.98 Å². The Balaban J connectivity index is 2.52. The molecule has 0 bridgehead atoms. The molecule has 0 aliphatic carbocycles. The molecule has 0 saturated heterocycles. The summed E-state index contributed by atoms with van der Waals surface area (Å²) in [6.45, 7) is 1.61. The van der Waals surface area contributed by atoms with Gasteiger partial charge in [0.2, 0.25) is 0 Å². The van der Waals surface area contributed by atoms with Crippen molar-refractivity contribution in [2.75, 3.05) is 17.7 Å². The SMILES string of the molecule is CN=C(C=C(C)N)Nc1cc(Nc2ccc(F)cc2C(N)=O)c(C(F)(F)F)cn1. The minimum absolute atomic E-state index is 0.0290. The van der Waals surface area contributed by atoms with Crippen LogP contribution in [0.3, 0.4) is 0 Å². The van der Waals surface area contributed by atoms with E-state index in [4.69, 9.17) is 11.5 Å². The van der Waals surface area contributed by atoms with Gasteiger partial charge in [0.05, 0.1) is 22.5 Å². The summed E-state index contributed by atoms with van der Waals surface area (Å²) in [4.78, 5) is 19.2. The fourth-order valence-electron chi connectivity index (χ4n) is 2.33. The number of nitrogens with one attached hydrogen (secondary N) is 2. The van der Waals surface area contributed by atoms with E-state index in [0.29, 0.717) is 11.9 Å². The average Bonchev–Trinajstić information content (AvgIpc) is 2.61. The monoisotopic (exact) mass is 410 g/mol. The number of nitrogens with zero attached hydrogens (tertiary/aromatic N) is 2. The van der Waals surface area contributed by atoms with Gasteiger partial charge in [-0.1, -0.05) is 0 Å². The van der Waals surface area contributed by atoms with E-state index in [0.717, 1.165) is 24.3 Å². The van der Waals surface area contributed by atoms with E-state index in [2.05, 4.69) is 20.6 Å². The number of amides is 1. The van der Waals surface area contributed by atoms with Crippen molar-refractivity contribution in [2.24, 2.45) is 16.5 Å². The Morgan fingerprint density at radius 1 is 1.21 bits per heavy atom. The van der Waals surface area contributed by atoms with Gasteiger partial charge in [0.15, 0.2) is 0 Å². The molecular weight excluding hydrogens is 392 g/mol. The summed E-state index contributed by atoms with van der Waals surface area (Å²) >= 11 is 0. The zero-order chi connectivity index (χ0) is 21.8. The molecule has 1 heterocycles. The second-order valence-electron chi connectivity index (χ2n) is 5.91. The Bertz CT molecular complexity index is 981. The van der Waals surface area contributed by atoms with Crippen molar-refractivity contribution >= 4 is 28.9 Å². The van der Waals surface area contributed by atoms with E-state index in [-0.39, 0.29) is 22.9 Å². The molecule has 0 atom stereocenters. The lowest BCUT2D eigenvalue weighted by molar-refractivity contribution is -0.137. The van der Waals surface area contributed by atoms with Crippen LogP contribution in [0, 0.1) is 5.82 Å². The van der Waals surface area contributed by atoms with Gasteiger partial charge in [-0.05, 0) is 31.2 Å². The second-order valence-corrected chi connectivity index (χ2v) is 5.91. The fourth-order valence-corrected chi connectivity index (χ4v) is 2.33. The maximum absolute atomic E-state index is 13.4. The number of hydrogen-bond donors (Lipinski definition) is 4. The van der Waals surface area contributed by atoms with Gasteiger partial charge in [0.1, 0.15) is 17.5 Å². The summed E-state index contributed by atoms with van der Waals surface area (Å²) in [7, 11) is 1.46. The van der Waals surface area contributed by atoms with Crippen LogP contribution in [0.2, 0.25) is 0 Å². The third kappa shape index (κ3) is 5.67. The van der Waals surface area contributed by atoms with E-state index in [9.17, 15) is 22.4 Å². The Morgan fingerprint density at radius 3 is 2.45 bits per heavy atom. The quantitative estimate of drug-likeness (QED) is 0.342. The van der Waals surface area contributed by atoms with Gasteiger partial charge < -0.3 is 22.1 Å². The van der Waals surface area contributed by atoms with Crippen LogP contribution in [0.5, 0.6) is 0 Å².